The quantitative estimate of drug-likeness (QED) is 0.708. The first kappa shape index (κ1) is 17.9. The normalized spacial score (nSPS) is 13.0. The van der Waals surface area contributed by atoms with E-state index in [1.807, 2.05) is 31.2 Å². The summed E-state index contributed by atoms with van der Waals surface area (Å²) in [6, 6.07) is 15.0. The van der Waals surface area contributed by atoms with E-state index in [0.29, 0.717) is 17.2 Å². The summed E-state index contributed by atoms with van der Waals surface area (Å²) >= 11 is 0. The van der Waals surface area contributed by atoms with Gasteiger partial charge in [-0.3, -0.25) is 9.59 Å². The van der Waals surface area contributed by atoms with Crippen molar-refractivity contribution in [2.24, 2.45) is 5.92 Å². The molecule has 140 valence electrons. The molecule has 2 heterocycles. The third kappa shape index (κ3) is 4.23. The first-order valence-electron chi connectivity index (χ1n) is 9.20. The highest BCUT2D eigenvalue weighted by Gasteiger charge is 2.29. The number of aromatic nitrogens is 2. The van der Waals surface area contributed by atoms with Crippen molar-refractivity contribution < 1.29 is 9.59 Å². The number of hydrogen-bond acceptors (Lipinski definition) is 4. The molecule has 1 fully saturated rings. The van der Waals surface area contributed by atoms with E-state index in [9.17, 15) is 9.59 Å². The van der Waals surface area contributed by atoms with Crippen LogP contribution in [0.3, 0.4) is 0 Å². The van der Waals surface area contributed by atoms with Crippen LogP contribution < -0.4 is 10.6 Å². The molecule has 6 nitrogen and oxygen atoms in total. The molecular formula is C22H20N4O2. The van der Waals surface area contributed by atoms with Crippen molar-refractivity contribution in [1.29, 1.82) is 0 Å². The lowest BCUT2D eigenvalue weighted by atomic mass is 10.1. The Hall–Kier alpha value is -3.54. The highest BCUT2D eigenvalue weighted by molar-refractivity contribution is 6.04. The Balaban J connectivity index is 1.44. The summed E-state index contributed by atoms with van der Waals surface area (Å²) in [7, 11) is 0. The largest absolute Gasteiger partial charge is 0.310 e. The molecule has 1 aliphatic carbocycles. The molecule has 0 atom stereocenters. The summed E-state index contributed by atoms with van der Waals surface area (Å²) in [5.41, 5.74) is 3.65. The van der Waals surface area contributed by atoms with Crippen LogP contribution in [0, 0.1) is 12.8 Å². The van der Waals surface area contributed by atoms with Gasteiger partial charge in [-0.05, 0) is 49.6 Å². The van der Waals surface area contributed by atoms with Gasteiger partial charge in [0.25, 0.3) is 5.91 Å². The third-order valence-electron chi connectivity index (χ3n) is 4.58. The number of nitrogens with one attached hydrogen (secondary N) is 2. The Morgan fingerprint density at radius 2 is 1.79 bits per heavy atom. The van der Waals surface area contributed by atoms with Crippen LogP contribution in [0.2, 0.25) is 0 Å². The van der Waals surface area contributed by atoms with Crippen LogP contribution in [-0.2, 0) is 4.79 Å². The smallest absolute Gasteiger partial charge is 0.257 e. The molecule has 0 bridgehead atoms. The number of carbonyl (C=O) groups is 2. The zero-order valence-corrected chi connectivity index (χ0v) is 15.5. The predicted octanol–water partition coefficient (Wildman–Crippen LogP) is 4.05. The van der Waals surface area contributed by atoms with E-state index in [1.54, 1.807) is 24.4 Å². The summed E-state index contributed by atoms with van der Waals surface area (Å²) in [6.45, 7) is 2.04. The maximum Gasteiger partial charge on any atom is 0.257 e. The maximum absolute atomic E-state index is 12.5. The van der Waals surface area contributed by atoms with Crippen LogP contribution in [0.5, 0.6) is 0 Å². The summed E-state index contributed by atoms with van der Waals surface area (Å²) < 4.78 is 0. The number of benzene rings is 1. The molecule has 0 saturated heterocycles. The minimum atomic E-state index is -0.305. The second-order valence-electron chi connectivity index (χ2n) is 6.95. The number of pyridine rings is 2. The van der Waals surface area contributed by atoms with Gasteiger partial charge in [-0.15, -0.1) is 0 Å². The Kier molecular flexibility index (Phi) is 4.85. The van der Waals surface area contributed by atoms with Crippen LogP contribution in [-0.4, -0.2) is 21.8 Å². The average Bonchev–Trinajstić information content (AvgIpc) is 3.54. The van der Waals surface area contributed by atoms with Gasteiger partial charge >= 0.3 is 0 Å². The SMILES string of the molecule is Cc1cccc(-c2ccc(NC(=O)c3ccnc(NC(=O)C4CC4)c3)nc2)c1. The number of nitrogens with zero attached hydrogens (tertiary/aromatic N) is 2. The number of hydrogen-bond donors (Lipinski definition) is 2. The molecule has 28 heavy (non-hydrogen) atoms. The summed E-state index contributed by atoms with van der Waals surface area (Å²) in [6.07, 6.45) is 5.07. The molecule has 1 aliphatic rings. The van der Waals surface area contributed by atoms with E-state index in [4.69, 9.17) is 0 Å². The first-order valence-corrected chi connectivity index (χ1v) is 9.20. The molecule has 2 N–H and O–H groups in total. The van der Waals surface area contributed by atoms with Crippen molar-refractivity contribution >= 4 is 23.5 Å². The van der Waals surface area contributed by atoms with Gasteiger partial charge < -0.3 is 10.6 Å². The molecule has 3 aromatic rings. The lowest BCUT2D eigenvalue weighted by Crippen LogP contribution is -2.16. The lowest BCUT2D eigenvalue weighted by Gasteiger charge is -2.08. The summed E-state index contributed by atoms with van der Waals surface area (Å²) in [5, 5.41) is 5.52. The van der Waals surface area contributed by atoms with E-state index < -0.39 is 0 Å². The van der Waals surface area contributed by atoms with Crippen LogP contribution >= 0.6 is 0 Å². The number of rotatable bonds is 5. The van der Waals surface area contributed by atoms with Gasteiger partial charge in [-0.25, -0.2) is 9.97 Å². The molecular weight excluding hydrogens is 352 g/mol. The lowest BCUT2D eigenvalue weighted by molar-refractivity contribution is -0.117. The van der Waals surface area contributed by atoms with Crippen molar-refractivity contribution in [2.45, 2.75) is 19.8 Å². The first-order chi connectivity index (χ1) is 13.6. The Morgan fingerprint density at radius 3 is 2.50 bits per heavy atom. The van der Waals surface area contributed by atoms with E-state index in [-0.39, 0.29) is 17.7 Å². The van der Waals surface area contributed by atoms with E-state index >= 15 is 0 Å². The number of carbonyl (C=O) groups excluding carboxylic acids is 2. The number of anilines is 2. The Labute approximate surface area is 163 Å². The zero-order valence-electron chi connectivity index (χ0n) is 15.5. The zero-order chi connectivity index (χ0) is 19.5. The molecule has 6 heteroatoms. The van der Waals surface area contributed by atoms with Gasteiger partial charge in [-0.1, -0.05) is 29.8 Å². The van der Waals surface area contributed by atoms with Crippen molar-refractivity contribution in [3.63, 3.8) is 0 Å². The Bertz CT molecular complexity index is 1030. The standard InChI is InChI=1S/C22H20N4O2/c1-14-3-2-4-16(11-14)18-7-8-19(24-13-18)25-22(28)17-9-10-23-20(12-17)26-21(27)15-5-6-15/h2-4,7-13,15H,5-6H2,1H3,(H,23,26,27)(H,24,25,28). The van der Waals surface area contributed by atoms with Gasteiger partial charge in [0.2, 0.25) is 5.91 Å². The van der Waals surface area contributed by atoms with Crippen LogP contribution in [0.1, 0.15) is 28.8 Å². The van der Waals surface area contributed by atoms with Crippen LogP contribution in [0.15, 0.2) is 60.9 Å². The van der Waals surface area contributed by atoms with Gasteiger partial charge in [0.1, 0.15) is 11.6 Å². The van der Waals surface area contributed by atoms with Crippen molar-refractivity contribution in [3.05, 3.63) is 72.1 Å². The highest BCUT2D eigenvalue weighted by atomic mass is 16.2. The summed E-state index contributed by atoms with van der Waals surface area (Å²) in [4.78, 5) is 32.8. The van der Waals surface area contributed by atoms with Crippen molar-refractivity contribution in [2.75, 3.05) is 10.6 Å². The number of amides is 2. The minimum absolute atomic E-state index is 0.0431. The molecule has 2 aromatic heterocycles. The second-order valence-corrected chi connectivity index (χ2v) is 6.95. The predicted molar refractivity (Wildman–Crippen MR) is 108 cm³/mol. The van der Waals surface area contributed by atoms with Crippen LogP contribution in [0.4, 0.5) is 11.6 Å². The van der Waals surface area contributed by atoms with Gasteiger partial charge in [0.05, 0.1) is 0 Å². The van der Waals surface area contributed by atoms with Gasteiger partial charge in [0.15, 0.2) is 0 Å². The molecule has 0 unspecified atom stereocenters. The fourth-order valence-corrected chi connectivity index (χ4v) is 2.87. The summed E-state index contributed by atoms with van der Waals surface area (Å²) in [5.74, 6) is 0.572. The molecule has 4 rings (SSSR count). The minimum Gasteiger partial charge on any atom is -0.310 e. The topological polar surface area (TPSA) is 84.0 Å². The van der Waals surface area contributed by atoms with Gasteiger partial charge in [-0.2, -0.15) is 0 Å². The third-order valence-corrected chi connectivity index (χ3v) is 4.58. The van der Waals surface area contributed by atoms with Gasteiger partial charge in [0, 0.05) is 29.4 Å². The maximum atomic E-state index is 12.5. The number of aryl methyl sites for hydroxylation is 1. The molecule has 1 aromatic carbocycles. The van der Waals surface area contributed by atoms with Crippen molar-refractivity contribution in [3.8, 4) is 11.1 Å². The van der Waals surface area contributed by atoms with Crippen molar-refractivity contribution in [1.82, 2.24) is 9.97 Å². The van der Waals surface area contributed by atoms with E-state index in [1.165, 1.54) is 11.8 Å². The van der Waals surface area contributed by atoms with E-state index in [2.05, 4.69) is 26.7 Å². The molecule has 1 saturated carbocycles. The monoisotopic (exact) mass is 372 g/mol. The highest BCUT2D eigenvalue weighted by Crippen LogP contribution is 2.30. The molecule has 0 aliphatic heterocycles. The molecule has 0 radical (unpaired) electrons. The Morgan fingerprint density at radius 1 is 0.929 bits per heavy atom. The molecule has 0 spiro atoms. The fraction of sp³-hybridized carbons (Fsp3) is 0.182. The average molecular weight is 372 g/mol. The van der Waals surface area contributed by atoms with E-state index in [0.717, 1.165) is 24.0 Å². The molecule has 2 amide bonds. The second kappa shape index (κ2) is 7.60. The van der Waals surface area contributed by atoms with Crippen LogP contribution in [0.25, 0.3) is 11.1 Å². The fourth-order valence-electron chi connectivity index (χ4n) is 2.87.